The largest absolute Gasteiger partial charge is 0.504 e. The Labute approximate surface area is 121 Å². The van der Waals surface area contributed by atoms with Crippen LogP contribution in [0.5, 0.6) is 11.5 Å². The third kappa shape index (κ3) is 2.51. The number of benzene rings is 3. The summed E-state index contributed by atoms with van der Waals surface area (Å²) in [6.07, 6.45) is 0. The zero-order valence-electron chi connectivity index (χ0n) is 11.1. The van der Waals surface area contributed by atoms with E-state index in [4.69, 9.17) is 0 Å². The molecule has 0 bridgehead atoms. The molecule has 3 aromatic carbocycles. The van der Waals surface area contributed by atoms with Crippen LogP contribution in [0.3, 0.4) is 0 Å². The molecule has 0 fully saturated rings. The van der Waals surface area contributed by atoms with Gasteiger partial charge < -0.3 is 15.5 Å². The van der Waals surface area contributed by atoms with Crippen molar-refractivity contribution in [2.24, 2.45) is 0 Å². The second kappa shape index (κ2) is 5.17. The Morgan fingerprint density at radius 2 is 1.62 bits per heavy atom. The lowest BCUT2D eigenvalue weighted by Crippen LogP contribution is -2.11. The topological polar surface area (TPSA) is 69.6 Å². The van der Waals surface area contributed by atoms with Crippen molar-refractivity contribution in [2.45, 2.75) is 0 Å². The molecule has 0 spiro atoms. The van der Waals surface area contributed by atoms with Crippen LogP contribution in [0.4, 0.5) is 5.69 Å². The Bertz CT molecular complexity index is 822. The first-order valence-corrected chi connectivity index (χ1v) is 6.46. The summed E-state index contributed by atoms with van der Waals surface area (Å²) < 4.78 is 0. The number of hydrogen-bond donors (Lipinski definition) is 3. The average molecular weight is 279 g/mol. The van der Waals surface area contributed by atoms with Crippen LogP contribution in [0.2, 0.25) is 0 Å². The number of carbonyl (C=O) groups excluding carboxylic acids is 1. The Kier molecular flexibility index (Phi) is 3.20. The predicted molar refractivity (Wildman–Crippen MR) is 81.7 cm³/mol. The first-order valence-electron chi connectivity index (χ1n) is 6.46. The number of rotatable bonds is 2. The van der Waals surface area contributed by atoms with E-state index >= 15 is 0 Å². The van der Waals surface area contributed by atoms with Crippen LogP contribution in [0.1, 0.15) is 10.4 Å². The molecular weight excluding hydrogens is 266 g/mol. The third-order valence-corrected chi connectivity index (χ3v) is 3.28. The van der Waals surface area contributed by atoms with Gasteiger partial charge >= 0.3 is 0 Å². The Balaban J connectivity index is 1.94. The van der Waals surface area contributed by atoms with E-state index in [2.05, 4.69) is 5.32 Å². The van der Waals surface area contributed by atoms with Gasteiger partial charge in [-0.25, -0.2) is 0 Å². The summed E-state index contributed by atoms with van der Waals surface area (Å²) in [4.78, 5) is 12.2. The van der Waals surface area contributed by atoms with Gasteiger partial charge in [-0.05, 0) is 29.7 Å². The van der Waals surface area contributed by atoms with Gasteiger partial charge in [0.25, 0.3) is 5.91 Å². The summed E-state index contributed by atoms with van der Waals surface area (Å²) in [5.74, 6) is -0.918. The second-order valence-corrected chi connectivity index (χ2v) is 4.68. The van der Waals surface area contributed by atoms with Crippen molar-refractivity contribution >= 4 is 22.4 Å². The van der Waals surface area contributed by atoms with Crippen LogP contribution in [0.25, 0.3) is 10.8 Å². The molecule has 0 unspecified atom stereocenters. The molecule has 0 atom stereocenters. The summed E-state index contributed by atoms with van der Waals surface area (Å²) in [6.45, 7) is 0. The molecule has 0 saturated carbocycles. The molecule has 0 heterocycles. The highest BCUT2D eigenvalue weighted by atomic mass is 16.3. The van der Waals surface area contributed by atoms with Gasteiger partial charge in [-0.2, -0.15) is 0 Å². The van der Waals surface area contributed by atoms with Gasteiger partial charge in [0.1, 0.15) is 0 Å². The molecule has 1 amide bonds. The van der Waals surface area contributed by atoms with Crippen molar-refractivity contribution in [1.29, 1.82) is 0 Å². The van der Waals surface area contributed by atoms with Crippen LogP contribution in [-0.2, 0) is 0 Å². The summed E-state index contributed by atoms with van der Waals surface area (Å²) in [5.41, 5.74) is 0.976. The molecular formula is C17H13NO3. The van der Waals surface area contributed by atoms with Gasteiger partial charge in [0.05, 0.1) is 0 Å². The van der Waals surface area contributed by atoms with E-state index in [0.29, 0.717) is 5.69 Å². The standard InChI is InChI=1S/C17H13NO3/c19-15-9-8-12(10-16(15)20)17(21)18-14-7-3-5-11-4-1-2-6-13(11)14/h1-10,19-20H,(H,18,21). The minimum Gasteiger partial charge on any atom is -0.504 e. The van der Waals surface area contributed by atoms with E-state index in [1.807, 2.05) is 42.5 Å². The Hall–Kier alpha value is -3.01. The monoisotopic (exact) mass is 279 g/mol. The van der Waals surface area contributed by atoms with Gasteiger partial charge in [0.15, 0.2) is 11.5 Å². The molecule has 0 aliphatic carbocycles. The van der Waals surface area contributed by atoms with Crippen molar-refractivity contribution in [1.82, 2.24) is 0 Å². The van der Waals surface area contributed by atoms with E-state index in [9.17, 15) is 15.0 Å². The molecule has 0 aromatic heterocycles. The van der Waals surface area contributed by atoms with E-state index in [0.717, 1.165) is 10.8 Å². The van der Waals surface area contributed by atoms with E-state index in [-0.39, 0.29) is 23.0 Å². The predicted octanol–water partition coefficient (Wildman–Crippen LogP) is 3.50. The molecule has 4 heteroatoms. The van der Waals surface area contributed by atoms with Crippen molar-refractivity contribution in [2.75, 3.05) is 5.32 Å². The van der Waals surface area contributed by atoms with Crippen LogP contribution in [0.15, 0.2) is 60.7 Å². The number of hydrogen-bond acceptors (Lipinski definition) is 3. The number of anilines is 1. The van der Waals surface area contributed by atoms with Gasteiger partial charge in [-0.1, -0.05) is 36.4 Å². The zero-order valence-corrected chi connectivity index (χ0v) is 11.1. The number of phenols is 2. The quantitative estimate of drug-likeness (QED) is 0.629. The number of amides is 1. The van der Waals surface area contributed by atoms with Crippen molar-refractivity contribution < 1.29 is 15.0 Å². The molecule has 0 aliphatic rings. The van der Waals surface area contributed by atoms with Crippen LogP contribution in [-0.4, -0.2) is 16.1 Å². The maximum atomic E-state index is 12.2. The van der Waals surface area contributed by atoms with Crippen molar-refractivity contribution in [3.05, 3.63) is 66.2 Å². The van der Waals surface area contributed by atoms with E-state index < -0.39 is 0 Å². The smallest absolute Gasteiger partial charge is 0.255 e. The summed E-state index contributed by atoms with van der Waals surface area (Å²) in [6, 6.07) is 17.4. The second-order valence-electron chi connectivity index (χ2n) is 4.68. The summed E-state index contributed by atoms with van der Waals surface area (Å²) in [7, 11) is 0. The average Bonchev–Trinajstić information content (AvgIpc) is 2.50. The highest BCUT2D eigenvalue weighted by Gasteiger charge is 2.10. The molecule has 21 heavy (non-hydrogen) atoms. The number of fused-ring (bicyclic) bond motifs is 1. The molecule has 3 N–H and O–H groups in total. The normalized spacial score (nSPS) is 10.5. The lowest BCUT2D eigenvalue weighted by atomic mass is 10.1. The van der Waals surface area contributed by atoms with Crippen LogP contribution < -0.4 is 5.32 Å². The van der Waals surface area contributed by atoms with Gasteiger partial charge in [0.2, 0.25) is 0 Å². The lowest BCUT2D eigenvalue weighted by molar-refractivity contribution is 0.102. The fourth-order valence-corrected chi connectivity index (χ4v) is 2.19. The summed E-state index contributed by atoms with van der Waals surface area (Å²) in [5, 5.41) is 23.5. The zero-order chi connectivity index (χ0) is 14.8. The molecule has 0 saturated heterocycles. The SMILES string of the molecule is O=C(Nc1cccc2ccccc12)c1ccc(O)c(O)c1. The third-order valence-electron chi connectivity index (χ3n) is 3.28. The maximum absolute atomic E-state index is 12.2. The number of nitrogens with one attached hydrogen (secondary N) is 1. The maximum Gasteiger partial charge on any atom is 0.255 e. The van der Waals surface area contributed by atoms with Crippen molar-refractivity contribution in [3.63, 3.8) is 0 Å². The minimum atomic E-state index is -0.346. The highest BCUT2D eigenvalue weighted by molar-refractivity contribution is 6.09. The fraction of sp³-hybridized carbons (Fsp3) is 0. The Morgan fingerprint density at radius 1 is 0.857 bits per heavy atom. The molecule has 104 valence electrons. The minimum absolute atomic E-state index is 0.253. The van der Waals surface area contributed by atoms with Gasteiger partial charge in [-0.3, -0.25) is 4.79 Å². The van der Waals surface area contributed by atoms with Crippen molar-refractivity contribution in [3.8, 4) is 11.5 Å². The van der Waals surface area contributed by atoms with Crippen LogP contribution >= 0.6 is 0 Å². The molecule has 3 rings (SSSR count). The van der Waals surface area contributed by atoms with Gasteiger partial charge in [0, 0.05) is 16.6 Å². The first kappa shape index (κ1) is 13.0. The van der Waals surface area contributed by atoms with E-state index in [1.54, 1.807) is 0 Å². The Morgan fingerprint density at radius 3 is 2.43 bits per heavy atom. The fourth-order valence-electron chi connectivity index (χ4n) is 2.19. The number of carbonyl (C=O) groups is 1. The number of phenolic OH excluding ortho intramolecular Hbond substituents is 2. The first-order chi connectivity index (χ1) is 10.1. The number of aromatic hydroxyl groups is 2. The van der Waals surface area contributed by atoms with Crippen LogP contribution in [0, 0.1) is 0 Å². The van der Waals surface area contributed by atoms with E-state index in [1.165, 1.54) is 18.2 Å². The molecule has 0 aliphatic heterocycles. The summed E-state index contributed by atoms with van der Waals surface area (Å²) >= 11 is 0. The lowest BCUT2D eigenvalue weighted by Gasteiger charge is -2.09. The molecule has 4 nitrogen and oxygen atoms in total. The molecule has 3 aromatic rings. The molecule has 0 radical (unpaired) electrons. The van der Waals surface area contributed by atoms with Gasteiger partial charge in [-0.15, -0.1) is 0 Å². The highest BCUT2D eigenvalue weighted by Crippen LogP contribution is 2.27.